The van der Waals surface area contributed by atoms with Gasteiger partial charge in [-0.2, -0.15) is 4.73 Å². The standard InChI is InChI=1S/C11H11NOS2/c1-8-10(9-6-4-3-5-7-9)15-11(14)12(8)13-2/h3-7H,1-2H3. The Morgan fingerprint density at radius 3 is 2.47 bits per heavy atom. The van der Waals surface area contributed by atoms with Crippen LogP contribution < -0.4 is 4.84 Å². The minimum atomic E-state index is 0.744. The fraction of sp³-hybridized carbons (Fsp3) is 0.182. The monoisotopic (exact) mass is 237 g/mol. The van der Waals surface area contributed by atoms with Crippen LogP contribution in [0.5, 0.6) is 0 Å². The van der Waals surface area contributed by atoms with Crippen LogP contribution in [-0.2, 0) is 0 Å². The normalized spacial score (nSPS) is 10.3. The topological polar surface area (TPSA) is 14.2 Å². The first-order valence-corrected chi connectivity index (χ1v) is 5.79. The first-order valence-electron chi connectivity index (χ1n) is 4.56. The van der Waals surface area contributed by atoms with Crippen molar-refractivity contribution in [1.82, 2.24) is 4.73 Å². The molecule has 78 valence electrons. The van der Waals surface area contributed by atoms with E-state index in [2.05, 4.69) is 12.1 Å². The largest absolute Gasteiger partial charge is 0.415 e. The van der Waals surface area contributed by atoms with Crippen LogP contribution in [0, 0.1) is 10.9 Å². The van der Waals surface area contributed by atoms with E-state index < -0.39 is 0 Å². The van der Waals surface area contributed by atoms with E-state index in [1.807, 2.05) is 25.1 Å². The van der Waals surface area contributed by atoms with Gasteiger partial charge in [0.05, 0.1) is 10.6 Å². The van der Waals surface area contributed by atoms with Gasteiger partial charge in [-0.25, -0.2) is 0 Å². The molecule has 15 heavy (non-hydrogen) atoms. The maximum absolute atomic E-state index is 5.22. The number of nitrogens with zero attached hydrogens (tertiary/aromatic N) is 1. The van der Waals surface area contributed by atoms with Crippen LogP contribution in [0.4, 0.5) is 0 Å². The highest BCUT2D eigenvalue weighted by Crippen LogP contribution is 2.29. The Morgan fingerprint density at radius 1 is 1.27 bits per heavy atom. The van der Waals surface area contributed by atoms with Gasteiger partial charge in [0.1, 0.15) is 7.11 Å². The van der Waals surface area contributed by atoms with Crippen LogP contribution in [0.2, 0.25) is 0 Å². The third-order valence-electron chi connectivity index (χ3n) is 2.21. The molecule has 1 aromatic heterocycles. The van der Waals surface area contributed by atoms with E-state index in [1.165, 1.54) is 10.4 Å². The van der Waals surface area contributed by atoms with Crippen molar-refractivity contribution in [2.75, 3.05) is 7.11 Å². The van der Waals surface area contributed by atoms with Crippen LogP contribution in [0.25, 0.3) is 10.4 Å². The molecule has 0 spiro atoms. The molecule has 0 N–H and O–H groups in total. The van der Waals surface area contributed by atoms with Crippen molar-refractivity contribution in [3.05, 3.63) is 40.0 Å². The van der Waals surface area contributed by atoms with Gasteiger partial charge in [0.2, 0.25) is 0 Å². The van der Waals surface area contributed by atoms with E-state index in [1.54, 1.807) is 23.2 Å². The van der Waals surface area contributed by atoms with Gasteiger partial charge < -0.3 is 4.84 Å². The molecule has 2 nitrogen and oxygen atoms in total. The summed E-state index contributed by atoms with van der Waals surface area (Å²) < 4.78 is 2.43. The van der Waals surface area contributed by atoms with Crippen molar-refractivity contribution in [2.45, 2.75) is 6.92 Å². The van der Waals surface area contributed by atoms with Gasteiger partial charge in [0, 0.05) is 0 Å². The molecule has 0 radical (unpaired) electrons. The molecular formula is C11H11NOS2. The number of hydrogen-bond donors (Lipinski definition) is 0. The molecule has 0 bridgehead atoms. The van der Waals surface area contributed by atoms with Crippen LogP contribution in [-0.4, -0.2) is 11.8 Å². The van der Waals surface area contributed by atoms with Gasteiger partial charge in [-0.05, 0) is 24.7 Å². The zero-order chi connectivity index (χ0) is 10.8. The van der Waals surface area contributed by atoms with Crippen molar-refractivity contribution in [3.8, 4) is 10.4 Å². The van der Waals surface area contributed by atoms with Crippen molar-refractivity contribution in [3.63, 3.8) is 0 Å². The van der Waals surface area contributed by atoms with Gasteiger partial charge in [0.25, 0.3) is 0 Å². The number of thiazole rings is 1. The fourth-order valence-corrected chi connectivity index (χ4v) is 2.92. The number of rotatable bonds is 2. The van der Waals surface area contributed by atoms with E-state index in [-0.39, 0.29) is 0 Å². The molecule has 0 unspecified atom stereocenters. The van der Waals surface area contributed by atoms with Crippen molar-refractivity contribution >= 4 is 23.6 Å². The molecule has 4 heteroatoms. The van der Waals surface area contributed by atoms with Gasteiger partial charge in [-0.3, -0.25) is 0 Å². The first kappa shape index (κ1) is 10.4. The Kier molecular flexibility index (Phi) is 2.88. The van der Waals surface area contributed by atoms with Crippen molar-refractivity contribution < 1.29 is 4.84 Å². The lowest BCUT2D eigenvalue weighted by Gasteiger charge is -2.03. The highest BCUT2D eigenvalue weighted by molar-refractivity contribution is 7.73. The maximum atomic E-state index is 5.22. The third-order valence-corrected chi connectivity index (χ3v) is 3.70. The second kappa shape index (κ2) is 4.16. The molecule has 0 amide bonds. The highest BCUT2D eigenvalue weighted by Gasteiger charge is 2.10. The van der Waals surface area contributed by atoms with Gasteiger partial charge >= 0.3 is 0 Å². The minimum Gasteiger partial charge on any atom is -0.415 e. The van der Waals surface area contributed by atoms with E-state index in [4.69, 9.17) is 17.1 Å². The molecule has 0 saturated heterocycles. The lowest BCUT2D eigenvalue weighted by atomic mass is 10.2. The lowest BCUT2D eigenvalue weighted by molar-refractivity contribution is 0.161. The SMILES string of the molecule is COn1c(C)c(-c2ccccc2)sc1=S. The molecule has 0 aliphatic carbocycles. The summed E-state index contributed by atoms with van der Waals surface area (Å²) in [4.78, 5) is 6.37. The van der Waals surface area contributed by atoms with Crippen LogP contribution >= 0.6 is 23.6 Å². The summed E-state index contributed by atoms with van der Waals surface area (Å²) in [7, 11) is 1.63. The van der Waals surface area contributed by atoms with E-state index >= 15 is 0 Å². The predicted molar refractivity (Wildman–Crippen MR) is 65.8 cm³/mol. The predicted octanol–water partition coefficient (Wildman–Crippen LogP) is 3.31. The molecule has 1 heterocycles. The Morgan fingerprint density at radius 2 is 1.93 bits per heavy atom. The van der Waals surface area contributed by atoms with E-state index in [9.17, 15) is 0 Å². The first-order chi connectivity index (χ1) is 7.24. The Balaban J connectivity index is 2.60. The van der Waals surface area contributed by atoms with E-state index in [0.717, 1.165) is 9.65 Å². The highest BCUT2D eigenvalue weighted by atomic mass is 32.1. The van der Waals surface area contributed by atoms with Crippen LogP contribution in [0.15, 0.2) is 30.3 Å². The smallest absolute Gasteiger partial charge is 0.197 e. The molecule has 0 aliphatic rings. The van der Waals surface area contributed by atoms with Gasteiger partial charge in [0.15, 0.2) is 3.95 Å². The number of benzene rings is 1. The molecule has 0 aliphatic heterocycles. The molecule has 2 aromatic rings. The number of aromatic nitrogens is 1. The average molecular weight is 237 g/mol. The van der Waals surface area contributed by atoms with Gasteiger partial charge in [-0.1, -0.05) is 30.3 Å². The fourth-order valence-electron chi connectivity index (χ4n) is 1.50. The molecule has 0 fully saturated rings. The van der Waals surface area contributed by atoms with Crippen LogP contribution in [0.1, 0.15) is 5.69 Å². The second-order valence-electron chi connectivity index (χ2n) is 3.13. The summed E-state index contributed by atoms with van der Waals surface area (Å²) in [6.45, 7) is 2.01. The second-order valence-corrected chi connectivity index (χ2v) is 4.77. The molecule has 2 rings (SSSR count). The van der Waals surface area contributed by atoms with Crippen molar-refractivity contribution in [2.24, 2.45) is 0 Å². The zero-order valence-electron chi connectivity index (χ0n) is 8.56. The summed E-state index contributed by atoms with van der Waals surface area (Å²) >= 11 is 6.79. The minimum absolute atomic E-state index is 0.744. The van der Waals surface area contributed by atoms with Gasteiger partial charge in [-0.15, -0.1) is 11.3 Å². The third kappa shape index (κ3) is 1.82. The Hall–Kier alpha value is -1.13. The molecular weight excluding hydrogens is 226 g/mol. The average Bonchev–Trinajstić information content (AvgIpc) is 2.55. The molecule has 0 saturated carbocycles. The maximum Gasteiger partial charge on any atom is 0.197 e. The zero-order valence-corrected chi connectivity index (χ0v) is 10.2. The molecule has 0 atom stereocenters. The van der Waals surface area contributed by atoms with Crippen molar-refractivity contribution in [1.29, 1.82) is 0 Å². The molecule has 1 aromatic carbocycles. The summed E-state index contributed by atoms with van der Waals surface area (Å²) in [6, 6.07) is 10.2. The summed E-state index contributed by atoms with van der Waals surface area (Å²) in [5.41, 5.74) is 2.24. The summed E-state index contributed by atoms with van der Waals surface area (Å²) in [6.07, 6.45) is 0. The number of hydrogen-bond acceptors (Lipinski definition) is 3. The van der Waals surface area contributed by atoms with Crippen LogP contribution in [0.3, 0.4) is 0 Å². The lowest BCUT2D eigenvalue weighted by Crippen LogP contribution is -2.06. The Bertz CT molecular complexity index is 513. The summed E-state index contributed by atoms with van der Waals surface area (Å²) in [5.74, 6) is 0. The summed E-state index contributed by atoms with van der Waals surface area (Å²) in [5, 5.41) is 0. The quantitative estimate of drug-likeness (QED) is 0.744. The Labute approximate surface area is 97.7 Å². The van der Waals surface area contributed by atoms with E-state index in [0.29, 0.717) is 0 Å².